The second-order valence-electron chi connectivity index (χ2n) is 9.61. The Labute approximate surface area is 156 Å². The van der Waals surface area contributed by atoms with E-state index in [0.29, 0.717) is 12.5 Å². The molecule has 0 aliphatic rings. The molecule has 0 fully saturated rings. The largest absolute Gasteiger partial charge is 0.377 e. The van der Waals surface area contributed by atoms with Crippen LogP contribution in [0.5, 0.6) is 0 Å². The zero-order valence-electron chi connectivity index (χ0n) is 17.6. The number of hydrogen-bond acceptors (Lipinski definition) is 3. The molecule has 0 aliphatic carbocycles. The summed E-state index contributed by atoms with van der Waals surface area (Å²) in [6.45, 7) is 21.8. The van der Waals surface area contributed by atoms with Crippen LogP contribution in [0.4, 0.5) is 0 Å². The molecule has 0 aromatic heterocycles. The van der Waals surface area contributed by atoms with Crippen LogP contribution in [0.2, 0.25) is 0 Å². The number of carbonyl (C=O) groups excluding carboxylic acids is 1. The first-order valence-corrected chi connectivity index (χ1v) is 9.75. The second-order valence-corrected chi connectivity index (χ2v) is 10.4. The van der Waals surface area contributed by atoms with E-state index in [9.17, 15) is 4.79 Å². The molecule has 0 saturated heterocycles. The first kappa shape index (κ1) is 23.8. The molecule has 0 spiro atoms. The maximum absolute atomic E-state index is 12.8. The molecule has 0 saturated carbocycles. The number of thiol groups is 1. The van der Waals surface area contributed by atoms with E-state index in [1.54, 1.807) is 0 Å². The molecule has 0 aromatic rings. The fraction of sp³-hybridized carbons (Fsp3) is 0.950. The lowest BCUT2D eigenvalue weighted by atomic mass is 9.69. The van der Waals surface area contributed by atoms with Crippen LogP contribution in [0.3, 0.4) is 0 Å². The number of hydrogen-bond donors (Lipinski definition) is 2. The molecule has 0 rings (SSSR count). The molecule has 0 aromatic carbocycles. The molecule has 0 heterocycles. The summed E-state index contributed by atoms with van der Waals surface area (Å²) in [6.07, 6.45) is 1.76. The average Bonchev–Trinajstić information content (AvgIpc) is 2.35. The van der Waals surface area contributed by atoms with Crippen molar-refractivity contribution >= 4 is 18.5 Å². The molecular formula is C20H41NO2S. The van der Waals surface area contributed by atoms with Gasteiger partial charge in [-0.05, 0) is 44.9 Å². The number of rotatable bonds is 10. The highest BCUT2D eigenvalue weighted by Gasteiger charge is 2.38. The third-order valence-electron chi connectivity index (χ3n) is 5.31. The predicted octanol–water partition coefficient (Wildman–Crippen LogP) is 5.09. The van der Waals surface area contributed by atoms with E-state index in [0.717, 1.165) is 12.8 Å². The molecule has 2 unspecified atom stereocenters. The van der Waals surface area contributed by atoms with Crippen LogP contribution in [-0.2, 0) is 9.53 Å². The van der Waals surface area contributed by atoms with Gasteiger partial charge in [0.25, 0.3) is 0 Å². The molecule has 0 radical (unpaired) electrons. The highest BCUT2D eigenvalue weighted by Crippen LogP contribution is 2.39. The van der Waals surface area contributed by atoms with E-state index in [4.69, 9.17) is 4.74 Å². The van der Waals surface area contributed by atoms with Crippen molar-refractivity contribution in [1.29, 1.82) is 0 Å². The van der Waals surface area contributed by atoms with Gasteiger partial charge >= 0.3 is 0 Å². The Hall–Kier alpha value is -0.220. The highest BCUT2D eigenvalue weighted by molar-refractivity contribution is 7.81. The Morgan fingerprint density at radius 1 is 1.04 bits per heavy atom. The molecule has 2 atom stereocenters. The van der Waals surface area contributed by atoms with Crippen molar-refractivity contribution in [3.63, 3.8) is 0 Å². The van der Waals surface area contributed by atoms with Gasteiger partial charge in [0.2, 0.25) is 5.91 Å². The quantitative estimate of drug-likeness (QED) is 0.533. The first-order chi connectivity index (χ1) is 10.6. The van der Waals surface area contributed by atoms with Crippen LogP contribution in [0.1, 0.15) is 82.1 Å². The highest BCUT2D eigenvalue weighted by atomic mass is 32.1. The second kappa shape index (κ2) is 8.93. The van der Waals surface area contributed by atoms with E-state index in [1.807, 2.05) is 27.7 Å². The van der Waals surface area contributed by atoms with Crippen molar-refractivity contribution in [2.75, 3.05) is 6.61 Å². The number of amides is 1. The van der Waals surface area contributed by atoms with Gasteiger partial charge in [-0.25, -0.2) is 0 Å². The molecule has 1 N–H and O–H groups in total. The molecule has 144 valence electrons. The summed E-state index contributed by atoms with van der Waals surface area (Å²) >= 11 is 4.39. The minimum absolute atomic E-state index is 0.114. The van der Waals surface area contributed by atoms with Crippen molar-refractivity contribution in [1.82, 2.24) is 5.32 Å². The maximum atomic E-state index is 12.8. The van der Waals surface area contributed by atoms with Crippen molar-refractivity contribution < 1.29 is 9.53 Å². The Kier molecular flexibility index (Phi) is 8.85. The Morgan fingerprint density at radius 3 is 1.96 bits per heavy atom. The third-order valence-corrected chi connectivity index (χ3v) is 5.73. The molecule has 1 amide bonds. The molecule has 4 heteroatoms. The Balaban J connectivity index is 4.65. The summed E-state index contributed by atoms with van der Waals surface area (Å²) < 4.78 is 5.79. The van der Waals surface area contributed by atoms with Crippen LogP contribution in [-0.4, -0.2) is 29.4 Å². The van der Waals surface area contributed by atoms with Gasteiger partial charge in [-0.15, -0.1) is 0 Å². The topological polar surface area (TPSA) is 38.3 Å². The SMILES string of the molecule is CC(S)C(C)OCCC(C)(C)NC(=O)C(C)(C)CC(C)(C)C(C)C. The van der Waals surface area contributed by atoms with Gasteiger partial charge in [0.05, 0.1) is 6.10 Å². The smallest absolute Gasteiger partial charge is 0.226 e. The zero-order valence-corrected chi connectivity index (χ0v) is 18.5. The maximum Gasteiger partial charge on any atom is 0.226 e. The monoisotopic (exact) mass is 359 g/mol. The lowest BCUT2D eigenvalue weighted by molar-refractivity contribution is -0.133. The number of nitrogens with one attached hydrogen (secondary N) is 1. The predicted molar refractivity (Wildman–Crippen MR) is 108 cm³/mol. The summed E-state index contributed by atoms with van der Waals surface area (Å²) in [7, 11) is 0. The standard InChI is InChI=1S/C20H41NO2S/c1-14(2)18(5,6)13-19(7,8)17(22)21-20(9,10)11-12-23-15(3)16(4)24/h14-16,24H,11-13H2,1-10H3,(H,21,22). The van der Waals surface area contributed by atoms with Crippen LogP contribution >= 0.6 is 12.6 Å². The number of ether oxygens (including phenoxy) is 1. The zero-order chi connectivity index (χ0) is 19.3. The van der Waals surface area contributed by atoms with Crippen LogP contribution in [0, 0.1) is 16.7 Å². The molecule has 3 nitrogen and oxygen atoms in total. The fourth-order valence-electron chi connectivity index (χ4n) is 2.60. The minimum Gasteiger partial charge on any atom is -0.377 e. The first-order valence-electron chi connectivity index (χ1n) is 9.23. The summed E-state index contributed by atoms with van der Waals surface area (Å²) in [5, 5.41) is 3.43. The van der Waals surface area contributed by atoms with E-state index < -0.39 is 5.41 Å². The fourth-order valence-corrected chi connectivity index (χ4v) is 2.69. The van der Waals surface area contributed by atoms with Crippen molar-refractivity contribution in [2.45, 2.75) is 99.0 Å². The molecule has 24 heavy (non-hydrogen) atoms. The van der Waals surface area contributed by atoms with Crippen molar-refractivity contribution in [2.24, 2.45) is 16.7 Å². The third kappa shape index (κ3) is 8.24. The van der Waals surface area contributed by atoms with Crippen molar-refractivity contribution in [3.8, 4) is 0 Å². The lowest BCUT2D eigenvalue weighted by Gasteiger charge is -2.39. The van der Waals surface area contributed by atoms with Crippen LogP contribution in [0.25, 0.3) is 0 Å². The number of carbonyl (C=O) groups is 1. The Bertz CT molecular complexity index is 400. The van der Waals surface area contributed by atoms with Gasteiger partial charge in [0.15, 0.2) is 0 Å². The molecular weight excluding hydrogens is 318 g/mol. The van der Waals surface area contributed by atoms with Crippen LogP contribution in [0.15, 0.2) is 0 Å². The van der Waals surface area contributed by atoms with Gasteiger partial charge in [-0.1, -0.05) is 48.5 Å². The van der Waals surface area contributed by atoms with Gasteiger partial charge in [0.1, 0.15) is 0 Å². The van der Waals surface area contributed by atoms with Gasteiger partial charge in [-0.3, -0.25) is 4.79 Å². The average molecular weight is 360 g/mol. The minimum atomic E-state index is -0.390. The van der Waals surface area contributed by atoms with E-state index >= 15 is 0 Å². The molecule has 0 bridgehead atoms. The van der Waals surface area contributed by atoms with E-state index in [2.05, 4.69) is 59.5 Å². The lowest BCUT2D eigenvalue weighted by Crippen LogP contribution is -2.50. The van der Waals surface area contributed by atoms with E-state index in [1.165, 1.54) is 0 Å². The van der Waals surface area contributed by atoms with E-state index in [-0.39, 0.29) is 28.2 Å². The van der Waals surface area contributed by atoms with Crippen LogP contribution < -0.4 is 5.32 Å². The van der Waals surface area contributed by atoms with Gasteiger partial charge < -0.3 is 10.1 Å². The summed E-state index contributed by atoms with van der Waals surface area (Å²) in [4.78, 5) is 12.8. The Morgan fingerprint density at radius 2 is 1.54 bits per heavy atom. The summed E-state index contributed by atoms with van der Waals surface area (Å²) in [6, 6.07) is 0. The summed E-state index contributed by atoms with van der Waals surface area (Å²) in [5.41, 5.74) is -0.541. The normalized spacial score (nSPS) is 16.2. The van der Waals surface area contributed by atoms with Gasteiger partial charge in [-0.2, -0.15) is 12.6 Å². The summed E-state index contributed by atoms with van der Waals surface area (Å²) in [5.74, 6) is 0.660. The van der Waals surface area contributed by atoms with Gasteiger partial charge in [0, 0.05) is 22.8 Å². The van der Waals surface area contributed by atoms with Crippen molar-refractivity contribution in [3.05, 3.63) is 0 Å². The molecule has 0 aliphatic heterocycles.